The fourth-order valence-corrected chi connectivity index (χ4v) is 2.81. The third-order valence-electron chi connectivity index (χ3n) is 3.37. The molecule has 6 heteroatoms. The Balaban J connectivity index is 2.40. The lowest BCUT2D eigenvalue weighted by atomic mass is 10.2. The highest BCUT2D eigenvalue weighted by Gasteiger charge is 2.16. The van der Waals surface area contributed by atoms with Crippen LogP contribution in [0.5, 0.6) is 0 Å². The molecule has 1 aromatic heterocycles. The van der Waals surface area contributed by atoms with E-state index in [1.165, 1.54) is 6.07 Å². The first kappa shape index (κ1) is 14.6. The Morgan fingerprint density at radius 2 is 1.90 bits per heavy atom. The van der Waals surface area contributed by atoms with Crippen molar-refractivity contribution in [1.29, 1.82) is 0 Å². The van der Waals surface area contributed by atoms with Crippen molar-refractivity contribution in [3.05, 3.63) is 57.6 Å². The summed E-state index contributed by atoms with van der Waals surface area (Å²) in [6, 6.07) is 8.28. The minimum atomic E-state index is -0.282. The van der Waals surface area contributed by atoms with Crippen LogP contribution in [0.4, 0.5) is 4.39 Å². The van der Waals surface area contributed by atoms with Gasteiger partial charge in [-0.2, -0.15) is 0 Å². The van der Waals surface area contributed by atoms with Gasteiger partial charge in [-0.25, -0.2) is 9.37 Å². The first-order valence-corrected chi connectivity index (χ1v) is 7.49. The summed E-state index contributed by atoms with van der Waals surface area (Å²) in [5, 5.41) is 0.839. The Morgan fingerprint density at radius 1 is 1.19 bits per heavy atom. The van der Waals surface area contributed by atoms with Crippen molar-refractivity contribution in [3.8, 4) is 5.69 Å². The van der Waals surface area contributed by atoms with Crippen molar-refractivity contribution in [1.82, 2.24) is 9.55 Å². The monoisotopic (exact) mass is 342 g/mol. The van der Waals surface area contributed by atoms with Crippen molar-refractivity contribution >= 4 is 45.8 Å². The fraction of sp³-hybridized carbons (Fsp3) is 0.133. The first-order valence-electron chi connectivity index (χ1n) is 6.20. The smallest absolute Gasteiger partial charge is 0.129 e. The quantitative estimate of drug-likeness (QED) is 0.560. The molecule has 3 aromatic rings. The molecule has 21 heavy (non-hydrogen) atoms. The van der Waals surface area contributed by atoms with E-state index >= 15 is 0 Å². The lowest BCUT2D eigenvalue weighted by Crippen LogP contribution is -2.02. The van der Waals surface area contributed by atoms with Crippen molar-refractivity contribution in [2.45, 2.75) is 12.8 Å². The standard InChI is InChI=1S/C15H10Cl3FN2/c1-8-11(19)3-2-4-13(8)21-14-6-10(18)9(17)5-12(14)20-15(21)7-16/h2-6H,7H2,1H3. The van der Waals surface area contributed by atoms with Crippen LogP contribution in [0.1, 0.15) is 11.4 Å². The number of rotatable bonds is 2. The number of hydrogen-bond acceptors (Lipinski definition) is 1. The summed E-state index contributed by atoms with van der Waals surface area (Å²) in [5.74, 6) is 0.522. The van der Waals surface area contributed by atoms with Crippen molar-refractivity contribution in [2.24, 2.45) is 0 Å². The number of nitrogens with zero attached hydrogens (tertiary/aromatic N) is 2. The summed E-state index contributed by atoms with van der Waals surface area (Å²) in [5.41, 5.74) is 2.62. The number of benzene rings is 2. The number of hydrogen-bond donors (Lipinski definition) is 0. The molecule has 0 saturated heterocycles. The van der Waals surface area contributed by atoms with Crippen molar-refractivity contribution in [3.63, 3.8) is 0 Å². The molecule has 108 valence electrons. The molecule has 2 nitrogen and oxygen atoms in total. The Bertz CT molecular complexity index is 843. The summed E-state index contributed by atoms with van der Waals surface area (Å²) in [7, 11) is 0. The molecule has 0 N–H and O–H groups in total. The number of aromatic nitrogens is 2. The molecule has 0 aliphatic heterocycles. The molecule has 0 fully saturated rings. The van der Waals surface area contributed by atoms with E-state index in [-0.39, 0.29) is 11.7 Å². The van der Waals surface area contributed by atoms with Crippen LogP contribution in [-0.4, -0.2) is 9.55 Å². The van der Waals surface area contributed by atoms with E-state index in [1.807, 2.05) is 10.6 Å². The summed E-state index contributed by atoms with van der Waals surface area (Å²) in [6.07, 6.45) is 0. The number of fused-ring (bicyclic) bond motifs is 1. The van der Waals surface area contributed by atoms with Gasteiger partial charge in [0.05, 0.1) is 32.6 Å². The highest BCUT2D eigenvalue weighted by molar-refractivity contribution is 6.42. The maximum atomic E-state index is 13.8. The van der Waals surface area contributed by atoms with E-state index < -0.39 is 0 Å². The second-order valence-corrected chi connectivity index (χ2v) is 5.72. The molecule has 0 radical (unpaired) electrons. The average molecular weight is 344 g/mol. The fourth-order valence-electron chi connectivity index (χ4n) is 2.32. The van der Waals surface area contributed by atoms with Gasteiger partial charge in [0.1, 0.15) is 11.6 Å². The van der Waals surface area contributed by atoms with E-state index in [2.05, 4.69) is 4.98 Å². The predicted octanol–water partition coefficient (Wildman–Crippen LogP) is 5.52. The van der Waals surface area contributed by atoms with Gasteiger partial charge >= 0.3 is 0 Å². The molecule has 0 spiro atoms. The minimum absolute atomic E-state index is 0.194. The highest BCUT2D eigenvalue weighted by Crippen LogP contribution is 2.31. The third kappa shape index (κ3) is 2.39. The predicted molar refractivity (Wildman–Crippen MR) is 85.3 cm³/mol. The summed E-state index contributed by atoms with van der Waals surface area (Å²) >= 11 is 18.1. The van der Waals surface area contributed by atoms with Crippen LogP contribution >= 0.6 is 34.8 Å². The second-order valence-electron chi connectivity index (χ2n) is 4.64. The molecule has 0 aliphatic rings. The van der Waals surface area contributed by atoms with Gasteiger partial charge in [-0.3, -0.25) is 4.57 Å². The van der Waals surface area contributed by atoms with Gasteiger partial charge in [-0.05, 0) is 31.2 Å². The van der Waals surface area contributed by atoms with Crippen LogP contribution < -0.4 is 0 Å². The molecule has 0 aliphatic carbocycles. The normalized spacial score (nSPS) is 11.3. The molecule has 0 atom stereocenters. The Hall–Kier alpha value is -1.29. The van der Waals surface area contributed by atoms with Gasteiger partial charge < -0.3 is 0 Å². The molecule has 0 bridgehead atoms. The van der Waals surface area contributed by atoms with Crippen LogP contribution in [0.15, 0.2) is 30.3 Å². The zero-order valence-electron chi connectivity index (χ0n) is 11.0. The Morgan fingerprint density at radius 3 is 2.62 bits per heavy atom. The SMILES string of the molecule is Cc1c(F)cccc1-n1c(CCl)nc2cc(Cl)c(Cl)cc21. The summed E-state index contributed by atoms with van der Waals surface area (Å²) < 4.78 is 15.6. The van der Waals surface area contributed by atoms with Crippen LogP contribution in [0.3, 0.4) is 0 Å². The number of imidazole rings is 1. The Labute approximate surface area is 136 Å². The van der Waals surface area contributed by atoms with Gasteiger partial charge in [-0.1, -0.05) is 29.3 Å². The molecular weight excluding hydrogens is 334 g/mol. The molecule has 0 saturated carbocycles. The zero-order chi connectivity index (χ0) is 15.1. The molecule has 3 rings (SSSR count). The lowest BCUT2D eigenvalue weighted by Gasteiger charge is -2.11. The first-order chi connectivity index (χ1) is 10.0. The van der Waals surface area contributed by atoms with E-state index in [0.717, 1.165) is 5.52 Å². The lowest BCUT2D eigenvalue weighted by molar-refractivity contribution is 0.617. The average Bonchev–Trinajstić information content (AvgIpc) is 2.80. The summed E-state index contributed by atoms with van der Waals surface area (Å²) in [6.45, 7) is 1.71. The van der Waals surface area contributed by atoms with Crippen LogP contribution in [0.25, 0.3) is 16.7 Å². The third-order valence-corrected chi connectivity index (χ3v) is 4.33. The summed E-state index contributed by atoms with van der Waals surface area (Å²) in [4.78, 5) is 4.45. The van der Waals surface area contributed by atoms with Crippen LogP contribution in [-0.2, 0) is 5.88 Å². The van der Waals surface area contributed by atoms with E-state index in [9.17, 15) is 4.39 Å². The van der Waals surface area contributed by atoms with Gasteiger partial charge in [0, 0.05) is 5.56 Å². The van der Waals surface area contributed by atoms with Gasteiger partial charge in [0.15, 0.2) is 0 Å². The molecular formula is C15H10Cl3FN2. The molecule has 2 aromatic carbocycles. The maximum Gasteiger partial charge on any atom is 0.129 e. The van der Waals surface area contributed by atoms with Crippen LogP contribution in [0, 0.1) is 12.7 Å². The topological polar surface area (TPSA) is 17.8 Å². The number of halogens is 4. The van der Waals surface area contributed by atoms with E-state index in [0.29, 0.717) is 32.6 Å². The van der Waals surface area contributed by atoms with E-state index in [4.69, 9.17) is 34.8 Å². The minimum Gasteiger partial charge on any atom is -0.295 e. The van der Waals surface area contributed by atoms with Gasteiger partial charge in [0.25, 0.3) is 0 Å². The largest absolute Gasteiger partial charge is 0.295 e. The molecule has 0 unspecified atom stereocenters. The zero-order valence-corrected chi connectivity index (χ0v) is 13.3. The molecule has 1 heterocycles. The van der Waals surface area contributed by atoms with Gasteiger partial charge in [-0.15, -0.1) is 11.6 Å². The second kappa shape index (κ2) is 5.48. The van der Waals surface area contributed by atoms with Crippen molar-refractivity contribution < 1.29 is 4.39 Å². The number of alkyl halides is 1. The van der Waals surface area contributed by atoms with Crippen LogP contribution in [0.2, 0.25) is 10.0 Å². The van der Waals surface area contributed by atoms with E-state index in [1.54, 1.807) is 25.1 Å². The molecule has 0 amide bonds. The van der Waals surface area contributed by atoms with Gasteiger partial charge in [0.2, 0.25) is 0 Å². The highest BCUT2D eigenvalue weighted by atomic mass is 35.5. The van der Waals surface area contributed by atoms with Crippen molar-refractivity contribution in [2.75, 3.05) is 0 Å². The maximum absolute atomic E-state index is 13.8. The Kier molecular flexibility index (Phi) is 3.82.